The van der Waals surface area contributed by atoms with Crippen LogP contribution in [0.2, 0.25) is 0 Å². The Bertz CT molecular complexity index is 140. The van der Waals surface area contributed by atoms with E-state index in [0.29, 0.717) is 0 Å². The minimum absolute atomic E-state index is 0.828. The van der Waals surface area contributed by atoms with Crippen molar-refractivity contribution >= 4 is 11.8 Å². The van der Waals surface area contributed by atoms with E-state index in [1.165, 1.54) is 56.9 Å². The third-order valence-corrected chi connectivity index (χ3v) is 4.00. The van der Waals surface area contributed by atoms with Gasteiger partial charge >= 0.3 is 0 Å². The Kier molecular flexibility index (Phi) is 3.94. The zero-order valence-electron chi connectivity index (χ0n) is 8.30. The highest BCUT2D eigenvalue weighted by molar-refractivity contribution is 7.99. The van der Waals surface area contributed by atoms with Crippen LogP contribution >= 0.6 is 11.8 Å². The summed E-state index contributed by atoms with van der Waals surface area (Å²) in [5, 5.41) is 3.56. The molecule has 13 heavy (non-hydrogen) atoms. The average Bonchev–Trinajstić information content (AvgIpc) is 2.69. The maximum absolute atomic E-state index is 3.56. The van der Waals surface area contributed by atoms with Crippen LogP contribution in [0.4, 0.5) is 0 Å². The van der Waals surface area contributed by atoms with Crippen molar-refractivity contribution in [3.05, 3.63) is 0 Å². The molecule has 0 aliphatic carbocycles. The molecule has 76 valence electrons. The first-order chi connectivity index (χ1) is 6.45. The summed E-state index contributed by atoms with van der Waals surface area (Å²) < 4.78 is 0. The Morgan fingerprint density at radius 3 is 2.85 bits per heavy atom. The van der Waals surface area contributed by atoms with Crippen LogP contribution in [0.5, 0.6) is 0 Å². The van der Waals surface area contributed by atoms with E-state index in [1.807, 2.05) is 0 Å². The molecule has 2 aliphatic rings. The molecule has 3 heteroatoms. The largest absolute Gasteiger partial charge is 0.314 e. The number of hydrogen-bond donors (Lipinski definition) is 1. The minimum atomic E-state index is 0.828. The van der Waals surface area contributed by atoms with E-state index in [9.17, 15) is 0 Å². The van der Waals surface area contributed by atoms with Crippen molar-refractivity contribution in [2.75, 3.05) is 37.7 Å². The van der Waals surface area contributed by atoms with Crippen molar-refractivity contribution < 1.29 is 0 Å². The van der Waals surface area contributed by atoms with Crippen LogP contribution in [0.15, 0.2) is 0 Å². The third kappa shape index (κ3) is 3.15. The van der Waals surface area contributed by atoms with Crippen LogP contribution in [0.1, 0.15) is 19.3 Å². The van der Waals surface area contributed by atoms with Gasteiger partial charge in [0, 0.05) is 30.6 Å². The molecule has 0 saturated carbocycles. The number of nitrogens with zero attached hydrogens (tertiary/aromatic N) is 1. The Balaban J connectivity index is 1.60. The third-order valence-electron chi connectivity index (χ3n) is 3.06. The molecule has 2 nitrogen and oxygen atoms in total. The van der Waals surface area contributed by atoms with Gasteiger partial charge in [-0.25, -0.2) is 0 Å². The van der Waals surface area contributed by atoms with E-state index in [1.54, 1.807) is 0 Å². The smallest absolute Gasteiger partial charge is 0.00797 e. The zero-order valence-corrected chi connectivity index (χ0v) is 9.11. The lowest BCUT2D eigenvalue weighted by Gasteiger charge is -2.27. The molecule has 0 bridgehead atoms. The molecule has 1 unspecified atom stereocenters. The summed E-state index contributed by atoms with van der Waals surface area (Å²) in [4.78, 5) is 2.62. The van der Waals surface area contributed by atoms with Crippen molar-refractivity contribution in [2.24, 2.45) is 0 Å². The molecule has 2 rings (SSSR count). The predicted octanol–water partition coefficient (Wildman–Crippen LogP) is 1.18. The maximum Gasteiger partial charge on any atom is 0.00797 e. The molecule has 2 heterocycles. The van der Waals surface area contributed by atoms with Gasteiger partial charge in [0.2, 0.25) is 0 Å². The first-order valence-corrected chi connectivity index (χ1v) is 6.64. The van der Waals surface area contributed by atoms with Crippen LogP contribution in [0.25, 0.3) is 0 Å². The second-order valence-electron chi connectivity index (χ2n) is 4.04. The second kappa shape index (κ2) is 5.23. The maximum atomic E-state index is 3.56. The summed E-state index contributed by atoms with van der Waals surface area (Å²) in [6.45, 7) is 5.20. The molecule has 1 atom stereocenters. The van der Waals surface area contributed by atoms with Gasteiger partial charge in [-0.3, -0.25) is 0 Å². The Morgan fingerprint density at radius 2 is 2.15 bits per heavy atom. The van der Waals surface area contributed by atoms with Crippen molar-refractivity contribution in [3.63, 3.8) is 0 Å². The summed E-state index contributed by atoms with van der Waals surface area (Å²) in [6.07, 6.45) is 4.16. The quantitative estimate of drug-likeness (QED) is 0.736. The Labute approximate surface area is 85.4 Å². The fourth-order valence-corrected chi connectivity index (χ4v) is 3.15. The summed E-state index contributed by atoms with van der Waals surface area (Å²) in [5.41, 5.74) is 0. The topological polar surface area (TPSA) is 15.3 Å². The van der Waals surface area contributed by atoms with Crippen LogP contribution in [0.3, 0.4) is 0 Å². The number of thioether (sulfide) groups is 1. The lowest BCUT2D eigenvalue weighted by molar-refractivity contribution is 0.285. The fraction of sp³-hybridized carbons (Fsp3) is 1.00. The highest BCUT2D eigenvalue weighted by atomic mass is 32.2. The molecule has 2 aliphatic heterocycles. The average molecular weight is 200 g/mol. The molecular weight excluding hydrogens is 180 g/mol. The molecule has 0 amide bonds. The molecule has 0 radical (unpaired) electrons. The lowest BCUT2D eigenvalue weighted by atomic mass is 10.1. The van der Waals surface area contributed by atoms with E-state index in [2.05, 4.69) is 22.0 Å². The molecule has 0 spiro atoms. The normalized spacial score (nSPS) is 30.9. The van der Waals surface area contributed by atoms with E-state index in [4.69, 9.17) is 0 Å². The van der Waals surface area contributed by atoms with Gasteiger partial charge in [0.1, 0.15) is 0 Å². The number of nitrogens with one attached hydrogen (secondary N) is 1. The molecule has 0 aromatic rings. The molecule has 1 N–H and O–H groups in total. The van der Waals surface area contributed by atoms with E-state index in [-0.39, 0.29) is 0 Å². The van der Waals surface area contributed by atoms with Gasteiger partial charge in [0.05, 0.1) is 0 Å². The predicted molar refractivity (Wildman–Crippen MR) is 59.4 cm³/mol. The van der Waals surface area contributed by atoms with Crippen LogP contribution < -0.4 is 5.32 Å². The summed E-state index contributed by atoms with van der Waals surface area (Å²) in [7, 11) is 0. The van der Waals surface area contributed by atoms with E-state index in [0.717, 1.165) is 6.04 Å². The highest BCUT2D eigenvalue weighted by Gasteiger charge is 2.16. The Morgan fingerprint density at radius 1 is 1.31 bits per heavy atom. The van der Waals surface area contributed by atoms with Gasteiger partial charge in [-0.05, 0) is 32.4 Å². The summed E-state index contributed by atoms with van der Waals surface area (Å²) >= 11 is 2.10. The van der Waals surface area contributed by atoms with Crippen molar-refractivity contribution in [1.82, 2.24) is 10.2 Å². The van der Waals surface area contributed by atoms with Gasteiger partial charge in [0.25, 0.3) is 0 Å². The van der Waals surface area contributed by atoms with Crippen LogP contribution in [-0.4, -0.2) is 48.6 Å². The minimum Gasteiger partial charge on any atom is -0.314 e. The first-order valence-electron chi connectivity index (χ1n) is 5.48. The molecule has 2 fully saturated rings. The van der Waals surface area contributed by atoms with Gasteiger partial charge in [-0.2, -0.15) is 11.8 Å². The summed E-state index contributed by atoms with van der Waals surface area (Å²) in [6, 6.07) is 0.828. The molecular formula is C10H20N2S. The van der Waals surface area contributed by atoms with Gasteiger partial charge in [0.15, 0.2) is 0 Å². The van der Waals surface area contributed by atoms with Gasteiger partial charge in [-0.15, -0.1) is 0 Å². The standard InChI is InChI=1S/C10H20N2S/c1-2-10(11-4-1)3-5-12-6-8-13-9-7-12/h10-11H,1-9H2. The van der Waals surface area contributed by atoms with Crippen molar-refractivity contribution in [3.8, 4) is 0 Å². The monoisotopic (exact) mass is 200 g/mol. The first kappa shape index (κ1) is 9.81. The van der Waals surface area contributed by atoms with Gasteiger partial charge < -0.3 is 10.2 Å². The van der Waals surface area contributed by atoms with Crippen molar-refractivity contribution in [2.45, 2.75) is 25.3 Å². The second-order valence-corrected chi connectivity index (χ2v) is 5.26. The molecule has 0 aromatic carbocycles. The summed E-state index contributed by atoms with van der Waals surface area (Å²) in [5.74, 6) is 2.69. The van der Waals surface area contributed by atoms with E-state index < -0.39 is 0 Å². The van der Waals surface area contributed by atoms with Crippen molar-refractivity contribution in [1.29, 1.82) is 0 Å². The number of hydrogen-bond acceptors (Lipinski definition) is 3. The zero-order chi connectivity index (χ0) is 8.93. The highest BCUT2D eigenvalue weighted by Crippen LogP contribution is 2.12. The molecule has 0 aromatic heterocycles. The number of rotatable bonds is 3. The van der Waals surface area contributed by atoms with Crippen LogP contribution in [0, 0.1) is 0 Å². The van der Waals surface area contributed by atoms with Gasteiger partial charge in [-0.1, -0.05) is 0 Å². The van der Waals surface area contributed by atoms with Crippen LogP contribution in [-0.2, 0) is 0 Å². The Hall–Kier alpha value is 0.270. The fourth-order valence-electron chi connectivity index (χ4n) is 2.17. The SMILES string of the molecule is C1CNC(CCN2CCSCC2)C1. The lowest BCUT2D eigenvalue weighted by Crippen LogP contribution is -2.36. The molecule has 2 saturated heterocycles. The van der Waals surface area contributed by atoms with E-state index >= 15 is 0 Å².